The van der Waals surface area contributed by atoms with Crippen LogP contribution in [-0.2, 0) is 10.0 Å². The number of aryl methyl sites for hydroxylation is 1. The molecule has 102 valence electrons. The summed E-state index contributed by atoms with van der Waals surface area (Å²) in [6.07, 6.45) is 2.22. The smallest absolute Gasteiger partial charge is 0.238 e. The zero-order valence-electron chi connectivity index (χ0n) is 11.2. The Labute approximate surface area is 110 Å². The lowest BCUT2D eigenvalue weighted by atomic mass is 10.0. The van der Waals surface area contributed by atoms with Gasteiger partial charge in [0.1, 0.15) is 0 Å². The Morgan fingerprint density at radius 2 is 1.89 bits per heavy atom. The van der Waals surface area contributed by atoms with Crippen LogP contribution in [0.4, 0.5) is 5.69 Å². The predicted molar refractivity (Wildman–Crippen MR) is 75.1 cm³/mol. The van der Waals surface area contributed by atoms with Crippen molar-refractivity contribution in [3.8, 4) is 0 Å². The molecule has 3 N–H and O–H groups in total. The van der Waals surface area contributed by atoms with Gasteiger partial charge in [-0.15, -0.1) is 0 Å². The SMILES string of the molecule is CCC(CC)CNc1ccc(C)c(S(N)(=O)=O)c1. The van der Waals surface area contributed by atoms with E-state index in [9.17, 15) is 8.42 Å². The minimum absolute atomic E-state index is 0.192. The first-order chi connectivity index (χ1) is 8.38. The first kappa shape index (κ1) is 15.0. The van der Waals surface area contributed by atoms with Crippen molar-refractivity contribution < 1.29 is 8.42 Å². The van der Waals surface area contributed by atoms with Gasteiger partial charge in [-0.05, 0) is 30.5 Å². The normalized spacial score (nSPS) is 11.8. The molecular weight excluding hydrogens is 248 g/mol. The van der Waals surface area contributed by atoms with Gasteiger partial charge in [-0.25, -0.2) is 13.6 Å². The highest BCUT2D eigenvalue weighted by atomic mass is 32.2. The molecule has 5 heteroatoms. The summed E-state index contributed by atoms with van der Waals surface area (Å²) in [4.78, 5) is 0.192. The molecule has 0 atom stereocenters. The van der Waals surface area contributed by atoms with Gasteiger partial charge in [0.2, 0.25) is 10.0 Å². The van der Waals surface area contributed by atoms with Gasteiger partial charge in [-0.1, -0.05) is 32.8 Å². The van der Waals surface area contributed by atoms with Crippen molar-refractivity contribution in [2.45, 2.75) is 38.5 Å². The molecule has 0 fully saturated rings. The summed E-state index contributed by atoms with van der Waals surface area (Å²) in [6, 6.07) is 5.26. The fourth-order valence-corrected chi connectivity index (χ4v) is 2.66. The fraction of sp³-hybridized carbons (Fsp3) is 0.538. The molecule has 0 heterocycles. The fourth-order valence-electron chi connectivity index (χ4n) is 1.86. The molecule has 0 saturated carbocycles. The molecule has 1 rings (SSSR count). The van der Waals surface area contributed by atoms with Crippen molar-refractivity contribution in [1.29, 1.82) is 0 Å². The Balaban J connectivity index is 2.86. The maximum Gasteiger partial charge on any atom is 0.238 e. The van der Waals surface area contributed by atoms with Crippen LogP contribution >= 0.6 is 0 Å². The number of rotatable bonds is 6. The molecule has 4 nitrogen and oxygen atoms in total. The summed E-state index contributed by atoms with van der Waals surface area (Å²) in [7, 11) is -3.65. The summed E-state index contributed by atoms with van der Waals surface area (Å²) >= 11 is 0. The maximum atomic E-state index is 11.4. The Morgan fingerprint density at radius 1 is 1.28 bits per heavy atom. The van der Waals surface area contributed by atoms with E-state index in [1.54, 1.807) is 19.1 Å². The van der Waals surface area contributed by atoms with Crippen LogP contribution in [0.15, 0.2) is 23.1 Å². The number of hydrogen-bond acceptors (Lipinski definition) is 3. The number of anilines is 1. The lowest BCUT2D eigenvalue weighted by Gasteiger charge is -2.15. The lowest BCUT2D eigenvalue weighted by molar-refractivity contribution is 0.519. The van der Waals surface area contributed by atoms with Crippen LogP contribution in [-0.4, -0.2) is 15.0 Å². The average molecular weight is 270 g/mol. The quantitative estimate of drug-likeness (QED) is 0.834. The third kappa shape index (κ3) is 3.99. The number of sulfonamides is 1. The molecule has 0 aromatic heterocycles. The molecular formula is C13H22N2O2S. The Kier molecular flexibility index (Phi) is 5.16. The third-order valence-electron chi connectivity index (χ3n) is 3.24. The van der Waals surface area contributed by atoms with Crippen LogP contribution < -0.4 is 10.5 Å². The zero-order valence-corrected chi connectivity index (χ0v) is 12.0. The first-order valence-electron chi connectivity index (χ1n) is 6.25. The number of primary sulfonamides is 1. The summed E-state index contributed by atoms with van der Waals surface area (Å²) in [5, 5.41) is 8.45. The first-order valence-corrected chi connectivity index (χ1v) is 7.80. The van der Waals surface area contributed by atoms with Crippen molar-refractivity contribution in [3.63, 3.8) is 0 Å². The van der Waals surface area contributed by atoms with E-state index in [0.717, 1.165) is 25.1 Å². The van der Waals surface area contributed by atoms with E-state index in [0.29, 0.717) is 11.5 Å². The van der Waals surface area contributed by atoms with Gasteiger partial charge in [0, 0.05) is 12.2 Å². The zero-order chi connectivity index (χ0) is 13.8. The summed E-state index contributed by atoms with van der Waals surface area (Å²) in [5.41, 5.74) is 1.47. The van der Waals surface area contributed by atoms with Gasteiger partial charge in [0.25, 0.3) is 0 Å². The van der Waals surface area contributed by atoms with E-state index in [2.05, 4.69) is 19.2 Å². The summed E-state index contributed by atoms with van der Waals surface area (Å²) in [5.74, 6) is 0.601. The second-order valence-electron chi connectivity index (χ2n) is 4.59. The van der Waals surface area contributed by atoms with E-state index < -0.39 is 10.0 Å². The molecule has 0 amide bonds. The van der Waals surface area contributed by atoms with Crippen molar-refractivity contribution in [2.75, 3.05) is 11.9 Å². The highest BCUT2D eigenvalue weighted by Crippen LogP contribution is 2.19. The molecule has 0 aliphatic carbocycles. The number of hydrogen-bond donors (Lipinski definition) is 2. The van der Waals surface area contributed by atoms with Gasteiger partial charge in [0.15, 0.2) is 0 Å². The van der Waals surface area contributed by atoms with Gasteiger partial charge in [-0.3, -0.25) is 0 Å². The van der Waals surface area contributed by atoms with Crippen molar-refractivity contribution >= 4 is 15.7 Å². The van der Waals surface area contributed by atoms with Crippen LogP contribution in [0, 0.1) is 12.8 Å². The molecule has 18 heavy (non-hydrogen) atoms. The van der Waals surface area contributed by atoms with E-state index in [-0.39, 0.29) is 4.90 Å². The molecule has 0 aliphatic rings. The average Bonchev–Trinajstić information content (AvgIpc) is 2.31. The van der Waals surface area contributed by atoms with Crippen LogP contribution in [0.5, 0.6) is 0 Å². The molecule has 0 unspecified atom stereocenters. The van der Waals surface area contributed by atoms with Crippen LogP contribution in [0.3, 0.4) is 0 Å². The molecule has 0 bridgehead atoms. The lowest BCUT2D eigenvalue weighted by Crippen LogP contribution is -2.16. The topological polar surface area (TPSA) is 72.2 Å². The molecule has 0 radical (unpaired) electrons. The molecule has 0 saturated heterocycles. The van der Waals surface area contributed by atoms with Crippen LogP contribution in [0.25, 0.3) is 0 Å². The molecule has 0 spiro atoms. The number of nitrogens with one attached hydrogen (secondary N) is 1. The monoisotopic (exact) mass is 270 g/mol. The molecule has 1 aromatic carbocycles. The van der Waals surface area contributed by atoms with E-state index in [1.165, 1.54) is 0 Å². The highest BCUT2D eigenvalue weighted by Gasteiger charge is 2.12. The predicted octanol–water partition coefficient (Wildman–Crippen LogP) is 2.49. The van der Waals surface area contributed by atoms with E-state index in [4.69, 9.17) is 5.14 Å². The Bertz CT molecular complexity index is 494. The second kappa shape index (κ2) is 6.20. The van der Waals surface area contributed by atoms with E-state index in [1.807, 2.05) is 6.07 Å². The molecule has 0 aliphatic heterocycles. The summed E-state index contributed by atoms with van der Waals surface area (Å²) < 4.78 is 22.8. The number of benzene rings is 1. The Morgan fingerprint density at radius 3 is 2.39 bits per heavy atom. The minimum Gasteiger partial charge on any atom is -0.385 e. The molecule has 1 aromatic rings. The highest BCUT2D eigenvalue weighted by molar-refractivity contribution is 7.89. The maximum absolute atomic E-state index is 11.4. The standard InChI is InChI=1S/C13H22N2O2S/c1-4-11(5-2)9-15-12-7-6-10(3)13(8-12)18(14,16)17/h6-8,11,15H,4-5,9H2,1-3H3,(H2,14,16,17). The Hall–Kier alpha value is -1.07. The van der Waals surface area contributed by atoms with Crippen LogP contribution in [0.1, 0.15) is 32.3 Å². The van der Waals surface area contributed by atoms with Gasteiger partial charge in [-0.2, -0.15) is 0 Å². The third-order valence-corrected chi connectivity index (χ3v) is 4.30. The van der Waals surface area contributed by atoms with Gasteiger partial charge >= 0.3 is 0 Å². The summed E-state index contributed by atoms with van der Waals surface area (Å²) in [6.45, 7) is 6.89. The van der Waals surface area contributed by atoms with Crippen molar-refractivity contribution in [1.82, 2.24) is 0 Å². The van der Waals surface area contributed by atoms with Crippen molar-refractivity contribution in [2.24, 2.45) is 11.1 Å². The number of nitrogens with two attached hydrogens (primary N) is 1. The van der Waals surface area contributed by atoms with Crippen LogP contribution in [0.2, 0.25) is 0 Å². The minimum atomic E-state index is -3.65. The second-order valence-corrected chi connectivity index (χ2v) is 6.12. The van der Waals surface area contributed by atoms with E-state index >= 15 is 0 Å². The van der Waals surface area contributed by atoms with Gasteiger partial charge in [0.05, 0.1) is 4.90 Å². The largest absolute Gasteiger partial charge is 0.385 e. The van der Waals surface area contributed by atoms with Crippen molar-refractivity contribution in [3.05, 3.63) is 23.8 Å². The van der Waals surface area contributed by atoms with Gasteiger partial charge < -0.3 is 5.32 Å².